The van der Waals surface area contributed by atoms with E-state index in [-0.39, 0.29) is 0 Å². The van der Waals surface area contributed by atoms with Gasteiger partial charge in [0.25, 0.3) is 0 Å². The van der Waals surface area contributed by atoms with Crippen molar-refractivity contribution in [3.8, 4) is 0 Å². The Morgan fingerprint density at radius 3 is 1.86 bits per heavy atom. The van der Waals surface area contributed by atoms with E-state index in [9.17, 15) is 0 Å². The van der Waals surface area contributed by atoms with E-state index in [2.05, 4.69) is 76.0 Å². The molecule has 0 spiro atoms. The molecule has 22 heavy (non-hydrogen) atoms. The third kappa shape index (κ3) is 4.98. The highest BCUT2D eigenvalue weighted by atomic mass is 32.1. The summed E-state index contributed by atoms with van der Waals surface area (Å²) < 4.78 is 0. The van der Waals surface area contributed by atoms with Gasteiger partial charge in [-0.15, -0.1) is 0 Å². The number of rotatable bonds is 7. The Morgan fingerprint density at radius 1 is 0.955 bits per heavy atom. The highest BCUT2D eigenvalue weighted by molar-refractivity contribution is 7.80. The van der Waals surface area contributed by atoms with Crippen LogP contribution in [-0.2, 0) is 0 Å². The SMILES string of the molecule is CCC(C)c1ccc(NC(=S)N(C(C)CC)C(C)CC)cc1. The van der Waals surface area contributed by atoms with Crippen LogP contribution in [0, 0.1) is 0 Å². The molecule has 0 bridgehead atoms. The third-order valence-electron chi connectivity index (χ3n) is 4.71. The van der Waals surface area contributed by atoms with Crippen LogP contribution < -0.4 is 5.32 Å². The first-order valence-electron chi connectivity index (χ1n) is 8.63. The summed E-state index contributed by atoms with van der Waals surface area (Å²) in [5, 5.41) is 4.25. The van der Waals surface area contributed by atoms with E-state index in [1.165, 1.54) is 12.0 Å². The monoisotopic (exact) mass is 320 g/mol. The van der Waals surface area contributed by atoms with Crippen molar-refractivity contribution < 1.29 is 0 Å². The van der Waals surface area contributed by atoms with E-state index < -0.39 is 0 Å². The van der Waals surface area contributed by atoms with Crippen LogP contribution >= 0.6 is 12.2 Å². The molecule has 1 N–H and O–H groups in total. The fourth-order valence-corrected chi connectivity index (χ4v) is 3.02. The maximum Gasteiger partial charge on any atom is 0.173 e. The maximum atomic E-state index is 5.66. The van der Waals surface area contributed by atoms with Gasteiger partial charge in [0.15, 0.2) is 5.11 Å². The lowest BCUT2D eigenvalue weighted by Crippen LogP contribution is -2.46. The van der Waals surface area contributed by atoms with E-state index in [0.29, 0.717) is 18.0 Å². The summed E-state index contributed by atoms with van der Waals surface area (Å²) in [6.07, 6.45) is 3.36. The summed E-state index contributed by atoms with van der Waals surface area (Å²) in [7, 11) is 0. The predicted molar refractivity (Wildman–Crippen MR) is 103 cm³/mol. The average Bonchev–Trinajstić information content (AvgIpc) is 2.54. The number of anilines is 1. The van der Waals surface area contributed by atoms with E-state index >= 15 is 0 Å². The van der Waals surface area contributed by atoms with E-state index in [1.807, 2.05) is 0 Å². The lowest BCUT2D eigenvalue weighted by Gasteiger charge is -2.36. The van der Waals surface area contributed by atoms with Gasteiger partial charge >= 0.3 is 0 Å². The normalized spacial score (nSPS) is 15.0. The van der Waals surface area contributed by atoms with Crippen LogP contribution in [0.2, 0.25) is 0 Å². The summed E-state index contributed by atoms with van der Waals surface area (Å²) in [6, 6.07) is 9.59. The summed E-state index contributed by atoms with van der Waals surface area (Å²) in [5.41, 5.74) is 2.47. The largest absolute Gasteiger partial charge is 0.344 e. The van der Waals surface area contributed by atoms with Crippen LogP contribution in [0.1, 0.15) is 72.3 Å². The van der Waals surface area contributed by atoms with Crippen molar-refractivity contribution in [2.75, 3.05) is 5.32 Å². The molecule has 0 aliphatic rings. The van der Waals surface area contributed by atoms with Gasteiger partial charge in [0.05, 0.1) is 0 Å². The first-order chi connectivity index (χ1) is 10.4. The molecule has 0 aliphatic carbocycles. The first-order valence-corrected chi connectivity index (χ1v) is 9.04. The van der Waals surface area contributed by atoms with E-state index in [1.54, 1.807) is 0 Å². The van der Waals surface area contributed by atoms with Gasteiger partial charge in [0, 0.05) is 17.8 Å². The van der Waals surface area contributed by atoms with Gasteiger partial charge in [-0.25, -0.2) is 0 Å². The fourth-order valence-electron chi connectivity index (χ4n) is 2.55. The molecule has 0 saturated heterocycles. The van der Waals surface area contributed by atoms with Crippen molar-refractivity contribution in [3.05, 3.63) is 29.8 Å². The zero-order valence-corrected chi connectivity index (χ0v) is 15.8. The zero-order valence-electron chi connectivity index (χ0n) is 15.0. The van der Waals surface area contributed by atoms with Crippen LogP contribution in [0.3, 0.4) is 0 Å². The molecular weight excluding hydrogens is 288 g/mol. The van der Waals surface area contributed by atoms with Crippen molar-refractivity contribution in [1.29, 1.82) is 0 Å². The van der Waals surface area contributed by atoms with Gasteiger partial charge in [0.1, 0.15) is 0 Å². The van der Waals surface area contributed by atoms with Gasteiger partial charge < -0.3 is 10.2 Å². The number of hydrogen-bond donors (Lipinski definition) is 1. The summed E-state index contributed by atoms with van der Waals surface area (Å²) in [6.45, 7) is 13.4. The van der Waals surface area contributed by atoms with Gasteiger partial charge in [-0.1, -0.05) is 39.8 Å². The summed E-state index contributed by atoms with van der Waals surface area (Å²) in [4.78, 5) is 2.33. The second kappa shape index (κ2) is 9.14. The molecule has 3 unspecified atom stereocenters. The lowest BCUT2D eigenvalue weighted by molar-refractivity contribution is 0.254. The number of thiocarbonyl (C=S) groups is 1. The van der Waals surface area contributed by atoms with Gasteiger partial charge in [-0.3, -0.25) is 0 Å². The topological polar surface area (TPSA) is 15.3 Å². The van der Waals surface area contributed by atoms with Crippen molar-refractivity contribution >= 4 is 23.0 Å². The first kappa shape index (κ1) is 19.0. The Balaban J connectivity index is 2.80. The van der Waals surface area contributed by atoms with Crippen LogP contribution in [0.25, 0.3) is 0 Å². The average molecular weight is 321 g/mol. The van der Waals surface area contributed by atoms with Crippen LogP contribution in [0.4, 0.5) is 5.69 Å². The highest BCUT2D eigenvalue weighted by Crippen LogP contribution is 2.21. The molecule has 124 valence electrons. The molecule has 0 saturated carbocycles. The molecule has 0 fully saturated rings. The molecule has 1 aromatic rings. The van der Waals surface area contributed by atoms with Crippen LogP contribution in [-0.4, -0.2) is 22.1 Å². The predicted octanol–water partition coefficient (Wildman–Crippen LogP) is 5.80. The zero-order chi connectivity index (χ0) is 16.7. The summed E-state index contributed by atoms with van der Waals surface area (Å²) in [5.74, 6) is 0.609. The molecule has 0 amide bonds. The fraction of sp³-hybridized carbons (Fsp3) is 0.632. The van der Waals surface area contributed by atoms with E-state index in [0.717, 1.165) is 23.6 Å². The molecule has 2 nitrogen and oxygen atoms in total. The Labute approximate surface area is 142 Å². The van der Waals surface area contributed by atoms with Crippen molar-refractivity contribution in [2.45, 2.75) is 78.8 Å². The molecule has 3 atom stereocenters. The Hall–Kier alpha value is -1.09. The van der Waals surface area contributed by atoms with Gasteiger partial charge in [-0.05, 0) is 68.9 Å². The molecule has 1 rings (SSSR count). The quantitative estimate of drug-likeness (QED) is 0.640. The maximum absolute atomic E-state index is 5.66. The molecule has 0 heterocycles. The number of nitrogens with one attached hydrogen (secondary N) is 1. The molecule has 0 aliphatic heterocycles. The summed E-state index contributed by atoms with van der Waals surface area (Å²) >= 11 is 5.66. The minimum atomic E-state index is 0.453. The standard InChI is InChI=1S/C19H32N2S/c1-7-14(4)17-10-12-18(13-11-17)20-19(22)21(15(5)8-2)16(6)9-3/h10-16H,7-9H2,1-6H3,(H,20,22). The van der Waals surface area contributed by atoms with Gasteiger partial charge in [0.2, 0.25) is 0 Å². The Bertz CT molecular complexity index is 445. The van der Waals surface area contributed by atoms with Crippen molar-refractivity contribution in [2.24, 2.45) is 0 Å². The van der Waals surface area contributed by atoms with Crippen LogP contribution in [0.5, 0.6) is 0 Å². The van der Waals surface area contributed by atoms with Crippen molar-refractivity contribution in [3.63, 3.8) is 0 Å². The number of benzene rings is 1. The smallest absolute Gasteiger partial charge is 0.173 e. The highest BCUT2D eigenvalue weighted by Gasteiger charge is 2.20. The van der Waals surface area contributed by atoms with E-state index in [4.69, 9.17) is 12.2 Å². The number of hydrogen-bond acceptors (Lipinski definition) is 1. The third-order valence-corrected chi connectivity index (χ3v) is 5.02. The van der Waals surface area contributed by atoms with Gasteiger partial charge in [-0.2, -0.15) is 0 Å². The molecule has 1 aromatic carbocycles. The molecule has 0 radical (unpaired) electrons. The lowest BCUT2D eigenvalue weighted by atomic mass is 9.99. The van der Waals surface area contributed by atoms with Crippen LogP contribution in [0.15, 0.2) is 24.3 Å². The second-order valence-electron chi connectivity index (χ2n) is 6.28. The molecule has 0 aromatic heterocycles. The molecular formula is C19H32N2S. The Morgan fingerprint density at radius 2 is 1.45 bits per heavy atom. The second-order valence-corrected chi connectivity index (χ2v) is 6.67. The minimum Gasteiger partial charge on any atom is -0.344 e. The molecule has 3 heteroatoms. The van der Waals surface area contributed by atoms with Crippen molar-refractivity contribution in [1.82, 2.24) is 4.90 Å². The minimum absolute atomic E-state index is 0.453. The number of nitrogens with zero attached hydrogens (tertiary/aromatic N) is 1. The Kier molecular flexibility index (Phi) is 7.88.